The molecule has 8 nitrogen and oxygen atoms in total. The Hall–Kier alpha value is -3.55. The van der Waals surface area contributed by atoms with E-state index in [4.69, 9.17) is 9.47 Å². The van der Waals surface area contributed by atoms with E-state index >= 15 is 0 Å². The molecule has 0 unspecified atom stereocenters. The van der Waals surface area contributed by atoms with Crippen LogP contribution >= 0.6 is 0 Å². The van der Waals surface area contributed by atoms with E-state index < -0.39 is 12.0 Å². The average molecular weight is 452 g/mol. The van der Waals surface area contributed by atoms with Crippen LogP contribution in [-0.4, -0.2) is 79.6 Å². The number of piperazine rings is 1. The monoisotopic (exact) mass is 451 g/mol. The van der Waals surface area contributed by atoms with Gasteiger partial charge in [-0.25, -0.2) is 4.79 Å². The largest absolute Gasteiger partial charge is 0.497 e. The highest BCUT2D eigenvalue weighted by molar-refractivity contribution is 6.01. The molecule has 4 rings (SSSR count). The predicted molar refractivity (Wildman–Crippen MR) is 122 cm³/mol. The molecule has 0 spiro atoms. The predicted octanol–water partition coefficient (Wildman–Crippen LogP) is 2.91. The topological polar surface area (TPSA) is 79.4 Å². The molecular formula is C25H29N3O5. The Balaban J connectivity index is 1.66. The molecule has 0 saturated carbocycles. The van der Waals surface area contributed by atoms with E-state index in [9.17, 15) is 14.4 Å². The van der Waals surface area contributed by atoms with Gasteiger partial charge in [0.25, 0.3) is 5.91 Å². The molecule has 8 heteroatoms. The fourth-order valence-electron chi connectivity index (χ4n) is 4.68. The molecule has 33 heavy (non-hydrogen) atoms. The van der Waals surface area contributed by atoms with Crippen molar-refractivity contribution < 1.29 is 23.9 Å². The first-order chi connectivity index (χ1) is 16.0. The van der Waals surface area contributed by atoms with Gasteiger partial charge in [0.15, 0.2) is 0 Å². The van der Waals surface area contributed by atoms with Crippen molar-refractivity contribution in [2.45, 2.75) is 18.9 Å². The molecular weight excluding hydrogens is 422 g/mol. The van der Waals surface area contributed by atoms with Crippen molar-refractivity contribution in [3.63, 3.8) is 0 Å². The number of likely N-dealkylation sites (N-methyl/N-ethyl adjacent to an activating group) is 1. The van der Waals surface area contributed by atoms with Crippen molar-refractivity contribution in [2.75, 3.05) is 46.9 Å². The van der Waals surface area contributed by atoms with Crippen LogP contribution in [0.2, 0.25) is 0 Å². The van der Waals surface area contributed by atoms with Crippen molar-refractivity contribution in [3.8, 4) is 5.75 Å². The third-order valence-corrected chi connectivity index (χ3v) is 6.42. The number of amides is 3. The number of fused-ring (bicyclic) bond motifs is 1. The summed E-state index contributed by atoms with van der Waals surface area (Å²) < 4.78 is 10.4. The lowest BCUT2D eigenvalue weighted by molar-refractivity contribution is -0.136. The summed E-state index contributed by atoms with van der Waals surface area (Å²) in [5.41, 5.74) is 2.15. The molecule has 0 bridgehead atoms. The summed E-state index contributed by atoms with van der Waals surface area (Å²) in [4.78, 5) is 44.2. The molecule has 2 aromatic carbocycles. The second-order valence-electron chi connectivity index (χ2n) is 8.21. The molecule has 2 aliphatic heterocycles. The fraction of sp³-hybridized carbons (Fsp3) is 0.400. The number of rotatable bonds is 4. The van der Waals surface area contributed by atoms with Crippen LogP contribution in [0.25, 0.3) is 0 Å². The third kappa shape index (κ3) is 4.25. The number of methoxy groups -OCH3 is 1. The van der Waals surface area contributed by atoms with Crippen LogP contribution < -0.4 is 4.74 Å². The molecule has 2 aliphatic rings. The van der Waals surface area contributed by atoms with Gasteiger partial charge in [0.05, 0.1) is 25.7 Å². The zero-order valence-corrected chi connectivity index (χ0v) is 19.2. The van der Waals surface area contributed by atoms with Gasteiger partial charge in [-0.05, 0) is 36.2 Å². The summed E-state index contributed by atoms with van der Waals surface area (Å²) in [7, 11) is 3.34. The highest BCUT2D eigenvalue weighted by atomic mass is 16.6. The van der Waals surface area contributed by atoms with Crippen LogP contribution in [0.5, 0.6) is 5.75 Å². The lowest BCUT2D eigenvalue weighted by Crippen LogP contribution is -2.54. The zero-order valence-electron chi connectivity index (χ0n) is 19.2. The molecule has 2 atom stereocenters. The molecule has 174 valence electrons. The van der Waals surface area contributed by atoms with Crippen LogP contribution in [0, 0.1) is 0 Å². The SMILES string of the molecule is CCOC(=O)N1CCN(C(=O)[C@@H]2c3ccccc3C(=O)N(C)[C@@H]2c2ccc(OC)cc2)CC1. The lowest BCUT2D eigenvalue weighted by Gasteiger charge is -2.43. The minimum Gasteiger partial charge on any atom is -0.497 e. The first-order valence-corrected chi connectivity index (χ1v) is 11.2. The van der Waals surface area contributed by atoms with Gasteiger partial charge < -0.3 is 24.2 Å². The van der Waals surface area contributed by atoms with Gasteiger partial charge in [-0.1, -0.05) is 30.3 Å². The van der Waals surface area contributed by atoms with Gasteiger partial charge in [-0.3, -0.25) is 9.59 Å². The molecule has 3 amide bonds. The summed E-state index contributed by atoms with van der Waals surface area (Å²) >= 11 is 0. The van der Waals surface area contributed by atoms with Crippen LogP contribution in [0.3, 0.4) is 0 Å². The number of carbonyl (C=O) groups excluding carboxylic acids is 3. The van der Waals surface area contributed by atoms with E-state index in [1.807, 2.05) is 42.5 Å². The molecule has 0 N–H and O–H groups in total. The average Bonchev–Trinajstić information content (AvgIpc) is 2.86. The minimum atomic E-state index is -0.550. The highest BCUT2D eigenvalue weighted by Crippen LogP contribution is 2.43. The maximum absolute atomic E-state index is 13.9. The van der Waals surface area contributed by atoms with Gasteiger partial charge >= 0.3 is 6.09 Å². The van der Waals surface area contributed by atoms with Gasteiger partial charge in [0.1, 0.15) is 5.75 Å². The summed E-state index contributed by atoms with van der Waals surface area (Å²) in [6.45, 7) is 3.77. The van der Waals surface area contributed by atoms with Crippen molar-refractivity contribution in [1.82, 2.24) is 14.7 Å². The second-order valence-corrected chi connectivity index (χ2v) is 8.21. The second kappa shape index (κ2) is 9.52. The number of hydrogen-bond donors (Lipinski definition) is 0. The Labute approximate surface area is 193 Å². The number of carbonyl (C=O) groups is 3. The minimum absolute atomic E-state index is 0.0499. The van der Waals surface area contributed by atoms with Gasteiger partial charge in [-0.15, -0.1) is 0 Å². The van der Waals surface area contributed by atoms with E-state index in [0.717, 1.165) is 11.1 Å². The molecule has 0 radical (unpaired) electrons. The zero-order chi connectivity index (χ0) is 23.5. The fourth-order valence-corrected chi connectivity index (χ4v) is 4.68. The summed E-state index contributed by atoms with van der Waals surface area (Å²) in [5, 5.41) is 0. The Bertz CT molecular complexity index is 1030. The number of benzene rings is 2. The van der Waals surface area contributed by atoms with Crippen LogP contribution in [0.15, 0.2) is 48.5 Å². The normalized spacial score (nSPS) is 20.3. The smallest absolute Gasteiger partial charge is 0.409 e. The van der Waals surface area contributed by atoms with Crippen molar-refractivity contribution >= 4 is 17.9 Å². The molecule has 1 saturated heterocycles. The Morgan fingerprint density at radius 1 is 0.970 bits per heavy atom. The van der Waals surface area contributed by atoms with Gasteiger partial charge in [0, 0.05) is 38.8 Å². The van der Waals surface area contributed by atoms with E-state index in [-0.39, 0.29) is 17.9 Å². The third-order valence-electron chi connectivity index (χ3n) is 6.42. The maximum Gasteiger partial charge on any atom is 0.409 e. The maximum atomic E-state index is 13.9. The molecule has 2 aromatic rings. The van der Waals surface area contributed by atoms with Gasteiger partial charge in [0.2, 0.25) is 5.91 Å². The van der Waals surface area contributed by atoms with E-state index in [1.165, 1.54) is 0 Å². The summed E-state index contributed by atoms with van der Waals surface area (Å²) in [5.74, 6) is 0.00191. The molecule has 0 aromatic heterocycles. The lowest BCUT2D eigenvalue weighted by atomic mass is 9.79. The number of hydrogen-bond acceptors (Lipinski definition) is 5. The number of nitrogens with zero attached hydrogens (tertiary/aromatic N) is 3. The van der Waals surface area contributed by atoms with Crippen molar-refractivity contribution in [3.05, 3.63) is 65.2 Å². The van der Waals surface area contributed by atoms with Crippen molar-refractivity contribution in [2.24, 2.45) is 0 Å². The first kappa shape index (κ1) is 22.6. The quantitative estimate of drug-likeness (QED) is 0.714. The van der Waals surface area contributed by atoms with Crippen LogP contribution in [0.1, 0.15) is 40.4 Å². The molecule has 2 heterocycles. The van der Waals surface area contributed by atoms with E-state index in [2.05, 4.69) is 0 Å². The summed E-state index contributed by atoms with van der Waals surface area (Å²) in [6.07, 6.45) is -0.353. The summed E-state index contributed by atoms with van der Waals surface area (Å²) in [6, 6.07) is 14.4. The standard InChI is InChI=1S/C25H29N3O5/c1-4-33-25(31)28-15-13-27(14-16-28)24(30)21-19-7-5-6-8-20(19)23(29)26(2)22(21)17-9-11-18(32-3)12-10-17/h5-12,21-22H,4,13-16H2,1-3H3/t21-,22-/m1/s1. The van der Waals surface area contributed by atoms with Crippen LogP contribution in [0.4, 0.5) is 4.79 Å². The molecule has 0 aliphatic carbocycles. The van der Waals surface area contributed by atoms with E-state index in [1.54, 1.807) is 41.8 Å². The molecule has 1 fully saturated rings. The van der Waals surface area contributed by atoms with Crippen LogP contribution in [-0.2, 0) is 9.53 Å². The Morgan fingerprint density at radius 3 is 2.24 bits per heavy atom. The first-order valence-electron chi connectivity index (χ1n) is 11.2. The Morgan fingerprint density at radius 2 is 1.61 bits per heavy atom. The number of ether oxygens (including phenoxy) is 2. The van der Waals surface area contributed by atoms with E-state index in [0.29, 0.717) is 44.1 Å². The highest BCUT2D eigenvalue weighted by Gasteiger charge is 2.44. The van der Waals surface area contributed by atoms with Gasteiger partial charge in [-0.2, -0.15) is 0 Å². The Kier molecular flexibility index (Phi) is 6.53. The van der Waals surface area contributed by atoms with Crippen molar-refractivity contribution in [1.29, 1.82) is 0 Å².